The van der Waals surface area contributed by atoms with Crippen LogP contribution in [0, 0.1) is 0 Å². The molecule has 0 spiro atoms. The summed E-state index contributed by atoms with van der Waals surface area (Å²) in [6.07, 6.45) is 3.26. The van der Waals surface area contributed by atoms with Gasteiger partial charge in [-0.1, -0.05) is 0 Å². The Morgan fingerprint density at radius 2 is 2.31 bits per heavy atom. The van der Waals surface area contributed by atoms with Gasteiger partial charge >= 0.3 is 0 Å². The van der Waals surface area contributed by atoms with Crippen molar-refractivity contribution < 1.29 is 4.79 Å². The second-order valence-corrected chi connectivity index (χ2v) is 3.86. The summed E-state index contributed by atoms with van der Waals surface area (Å²) in [7, 11) is 0. The number of H-pyrrole nitrogens is 1. The molecule has 2 N–H and O–H groups in total. The van der Waals surface area contributed by atoms with Gasteiger partial charge in [-0.2, -0.15) is 5.10 Å². The van der Waals surface area contributed by atoms with Gasteiger partial charge in [0.25, 0.3) is 5.91 Å². The number of hydrogen-bond donors (Lipinski definition) is 2. The molecule has 0 unspecified atom stereocenters. The van der Waals surface area contributed by atoms with Crippen LogP contribution >= 0.6 is 15.9 Å². The number of rotatable bonds is 3. The first-order valence-corrected chi connectivity index (χ1v) is 5.43. The lowest BCUT2D eigenvalue weighted by atomic mass is 10.2. The molecule has 5 nitrogen and oxygen atoms in total. The van der Waals surface area contributed by atoms with Crippen LogP contribution in [0.2, 0.25) is 0 Å². The lowest BCUT2D eigenvalue weighted by Gasteiger charge is -2.04. The molecule has 6 heteroatoms. The highest BCUT2D eigenvalue weighted by Crippen LogP contribution is 2.12. The van der Waals surface area contributed by atoms with Gasteiger partial charge in [-0.05, 0) is 34.1 Å². The zero-order valence-corrected chi connectivity index (χ0v) is 9.86. The van der Waals surface area contributed by atoms with Gasteiger partial charge in [0.05, 0.1) is 17.8 Å². The van der Waals surface area contributed by atoms with Gasteiger partial charge in [0.1, 0.15) is 4.60 Å². The number of amides is 1. The molecule has 16 heavy (non-hydrogen) atoms. The lowest BCUT2D eigenvalue weighted by molar-refractivity contribution is 0.0949. The molecule has 2 aromatic rings. The van der Waals surface area contributed by atoms with E-state index in [0.717, 1.165) is 5.69 Å². The number of nitrogens with zero attached hydrogens (tertiary/aromatic N) is 2. The average molecular weight is 281 g/mol. The number of pyridine rings is 1. The molecular weight excluding hydrogens is 272 g/mol. The highest BCUT2D eigenvalue weighted by Gasteiger charge is 2.09. The molecule has 2 heterocycles. The van der Waals surface area contributed by atoms with Crippen LogP contribution in [0.1, 0.15) is 16.1 Å². The van der Waals surface area contributed by atoms with E-state index in [0.29, 0.717) is 16.7 Å². The number of hydrogen-bond acceptors (Lipinski definition) is 3. The Morgan fingerprint density at radius 3 is 3.00 bits per heavy atom. The van der Waals surface area contributed by atoms with Gasteiger partial charge in [0.15, 0.2) is 0 Å². The molecule has 0 aliphatic carbocycles. The first-order valence-electron chi connectivity index (χ1n) is 4.64. The third-order valence-corrected chi connectivity index (χ3v) is 2.63. The van der Waals surface area contributed by atoms with E-state index in [9.17, 15) is 4.79 Å². The van der Waals surface area contributed by atoms with E-state index in [2.05, 4.69) is 36.4 Å². The molecule has 0 aliphatic rings. The maximum Gasteiger partial charge on any atom is 0.254 e. The summed E-state index contributed by atoms with van der Waals surface area (Å²) in [5, 5.41) is 9.32. The molecule has 0 radical (unpaired) electrons. The minimum atomic E-state index is -0.172. The summed E-state index contributed by atoms with van der Waals surface area (Å²) in [5.74, 6) is -0.172. The fraction of sp³-hybridized carbons (Fsp3) is 0.100. The monoisotopic (exact) mass is 280 g/mol. The van der Waals surface area contributed by atoms with Crippen molar-refractivity contribution >= 4 is 21.8 Å². The van der Waals surface area contributed by atoms with E-state index in [4.69, 9.17) is 0 Å². The summed E-state index contributed by atoms with van der Waals surface area (Å²) < 4.78 is 0.539. The summed E-state index contributed by atoms with van der Waals surface area (Å²) in [6, 6.07) is 5.23. The van der Waals surface area contributed by atoms with Crippen molar-refractivity contribution in [3.8, 4) is 0 Å². The Labute approximate surface area is 100 Å². The van der Waals surface area contributed by atoms with E-state index in [1.165, 1.54) is 0 Å². The van der Waals surface area contributed by atoms with Crippen LogP contribution in [0.3, 0.4) is 0 Å². The highest BCUT2D eigenvalue weighted by atomic mass is 79.9. The van der Waals surface area contributed by atoms with Crippen molar-refractivity contribution in [2.24, 2.45) is 0 Å². The van der Waals surface area contributed by atoms with Crippen LogP contribution in [-0.2, 0) is 6.54 Å². The Kier molecular flexibility index (Phi) is 3.31. The van der Waals surface area contributed by atoms with Crippen molar-refractivity contribution in [2.75, 3.05) is 0 Å². The minimum absolute atomic E-state index is 0.172. The van der Waals surface area contributed by atoms with Crippen LogP contribution in [-0.4, -0.2) is 21.1 Å². The molecule has 0 saturated carbocycles. The maximum absolute atomic E-state index is 11.7. The van der Waals surface area contributed by atoms with E-state index in [1.54, 1.807) is 30.6 Å². The summed E-state index contributed by atoms with van der Waals surface area (Å²) >= 11 is 3.22. The number of aromatic nitrogens is 3. The largest absolute Gasteiger partial charge is 0.346 e. The van der Waals surface area contributed by atoms with Gasteiger partial charge < -0.3 is 5.32 Å². The van der Waals surface area contributed by atoms with Gasteiger partial charge in [-0.3, -0.25) is 9.89 Å². The minimum Gasteiger partial charge on any atom is -0.346 e. The third kappa shape index (κ3) is 2.46. The fourth-order valence-electron chi connectivity index (χ4n) is 1.21. The molecule has 0 aliphatic heterocycles. The van der Waals surface area contributed by atoms with Gasteiger partial charge in [0.2, 0.25) is 0 Å². The van der Waals surface area contributed by atoms with Crippen LogP contribution in [0.25, 0.3) is 0 Å². The van der Waals surface area contributed by atoms with E-state index in [-0.39, 0.29) is 5.91 Å². The summed E-state index contributed by atoms with van der Waals surface area (Å²) in [4.78, 5) is 15.7. The summed E-state index contributed by atoms with van der Waals surface area (Å²) in [6.45, 7) is 0.417. The fourth-order valence-corrected chi connectivity index (χ4v) is 1.64. The van der Waals surface area contributed by atoms with Gasteiger partial charge in [-0.25, -0.2) is 4.98 Å². The Hall–Kier alpha value is -1.69. The summed E-state index contributed by atoms with van der Waals surface area (Å²) in [5.41, 5.74) is 1.37. The average Bonchev–Trinajstić information content (AvgIpc) is 2.79. The smallest absolute Gasteiger partial charge is 0.254 e. The number of halogens is 1. The first kappa shape index (κ1) is 10.8. The van der Waals surface area contributed by atoms with Crippen molar-refractivity contribution in [3.63, 3.8) is 0 Å². The molecule has 82 valence electrons. The second-order valence-electron chi connectivity index (χ2n) is 3.11. The molecule has 0 saturated heterocycles. The number of carbonyl (C=O) groups excluding carboxylic acids is 1. The van der Waals surface area contributed by atoms with Crippen molar-refractivity contribution in [3.05, 3.63) is 46.5 Å². The Morgan fingerprint density at radius 1 is 1.44 bits per heavy atom. The molecule has 0 atom stereocenters. The predicted octanol–water partition coefficient (Wildman–Crippen LogP) is 1.50. The first-order chi connectivity index (χ1) is 7.77. The molecule has 2 aromatic heterocycles. The highest BCUT2D eigenvalue weighted by molar-refractivity contribution is 9.10. The normalized spacial score (nSPS) is 10.1. The van der Waals surface area contributed by atoms with Crippen molar-refractivity contribution in [1.82, 2.24) is 20.5 Å². The van der Waals surface area contributed by atoms with Crippen LogP contribution < -0.4 is 5.32 Å². The zero-order valence-electron chi connectivity index (χ0n) is 8.27. The number of nitrogens with one attached hydrogen (secondary N) is 2. The van der Waals surface area contributed by atoms with Crippen molar-refractivity contribution in [2.45, 2.75) is 6.54 Å². The second kappa shape index (κ2) is 4.89. The molecule has 0 bridgehead atoms. The van der Waals surface area contributed by atoms with Gasteiger partial charge in [0, 0.05) is 12.4 Å². The topological polar surface area (TPSA) is 70.7 Å². The third-order valence-electron chi connectivity index (χ3n) is 2.00. The number of aromatic amines is 1. The number of carbonyl (C=O) groups is 1. The van der Waals surface area contributed by atoms with E-state index in [1.807, 2.05) is 0 Å². The Bertz CT molecular complexity index is 483. The van der Waals surface area contributed by atoms with E-state index >= 15 is 0 Å². The lowest BCUT2D eigenvalue weighted by Crippen LogP contribution is -2.23. The van der Waals surface area contributed by atoms with Crippen LogP contribution in [0.4, 0.5) is 0 Å². The SMILES string of the molecule is O=C(NCc1ccn[nH]1)c1cccnc1Br. The standard InChI is InChI=1S/C10H9BrN4O/c11-9-8(2-1-4-12-9)10(16)13-6-7-3-5-14-15-7/h1-5H,6H2,(H,13,16)(H,14,15). The maximum atomic E-state index is 11.7. The predicted molar refractivity (Wildman–Crippen MR) is 61.7 cm³/mol. The van der Waals surface area contributed by atoms with Crippen LogP contribution in [0.15, 0.2) is 35.2 Å². The molecule has 2 rings (SSSR count). The molecule has 1 amide bonds. The van der Waals surface area contributed by atoms with E-state index < -0.39 is 0 Å². The molecule has 0 fully saturated rings. The quantitative estimate of drug-likeness (QED) is 0.837. The van der Waals surface area contributed by atoms with Crippen LogP contribution in [0.5, 0.6) is 0 Å². The molecule has 0 aromatic carbocycles. The zero-order chi connectivity index (χ0) is 11.4. The van der Waals surface area contributed by atoms with Gasteiger partial charge in [-0.15, -0.1) is 0 Å². The molecular formula is C10H9BrN4O. The Balaban J connectivity index is 2.01. The van der Waals surface area contributed by atoms with Crippen molar-refractivity contribution in [1.29, 1.82) is 0 Å².